The molecular formula is C16H24N2O2. The first kappa shape index (κ1) is 16.4. The van der Waals surface area contributed by atoms with Crippen molar-refractivity contribution in [2.24, 2.45) is 0 Å². The number of carbonyl (C=O) groups is 1. The molecule has 0 aliphatic carbocycles. The molecule has 1 aromatic carbocycles. The Labute approximate surface area is 121 Å². The highest BCUT2D eigenvalue weighted by atomic mass is 16.5. The van der Waals surface area contributed by atoms with Gasteiger partial charge >= 0.3 is 0 Å². The van der Waals surface area contributed by atoms with E-state index in [0.717, 1.165) is 11.3 Å². The van der Waals surface area contributed by atoms with E-state index in [0.29, 0.717) is 19.8 Å². The maximum atomic E-state index is 11.9. The van der Waals surface area contributed by atoms with Gasteiger partial charge in [0.25, 0.3) is 0 Å². The van der Waals surface area contributed by atoms with Crippen LogP contribution in [0.2, 0.25) is 0 Å². The number of aryl methyl sites for hydroxylation is 1. The van der Waals surface area contributed by atoms with Crippen LogP contribution in [0.25, 0.3) is 0 Å². The first-order chi connectivity index (χ1) is 9.49. The molecular weight excluding hydrogens is 252 g/mol. The van der Waals surface area contributed by atoms with Crippen molar-refractivity contribution in [2.75, 3.05) is 25.1 Å². The van der Waals surface area contributed by atoms with Crippen LogP contribution >= 0.6 is 0 Å². The number of hydrogen-bond acceptors (Lipinski definition) is 3. The Morgan fingerprint density at radius 3 is 2.60 bits per heavy atom. The molecule has 1 unspecified atom stereocenters. The quantitative estimate of drug-likeness (QED) is 0.566. The molecule has 0 aromatic heterocycles. The number of rotatable bonds is 8. The zero-order valence-electron chi connectivity index (χ0n) is 12.5. The van der Waals surface area contributed by atoms with Crippen molar-refractivity contribution >= 4 is 11.6 Å². The molecule has 0 spiro atoms. The van der Waals surface area contributed by atoms with Gasteiger partial charge < -0.3 is 15.4 Å². The third-order valence-electron chi connectivity index (χ3n) is 2.76. The van der Waals surface area contributed by atoms with E-state index in [1.165, 1.54) is 5.56 Å². The molecule has 0 saturated heterocycles. The Morgan fingerprint density at radius 1 is 1.35 bits per heavy atom. The molecule has 0 radical (unpaired) electrons. The molecule has 2 N–H and O–H groups in total. The summed E-state index contributed by atoms with van der Waals surface area (Å²) < 4.78 is 5.36. The molecule has 1 rings (SSSR count). The molecule has 4 heteroatoms. The van der Waals surface area contributed by atoms with Crippen molar-refractivity contribution in [3.63, 3.8) is 0 Å². The summed E-state index contributed by atoms with van der Waals surface area (Å²) in [6, 6.07) is 7.48. The second-order valence-electron chi connectivity index (χ2n) is 5.04. The predicted molar refractivity (Wildman–Crippen MR) is 82.9 cm³/mol. The van der Waals surface area contributed by atoms with Gasteiger partial charge in [-0.3, -0.25) is 4.79 Å². The third-order valence-corrected chi connectivity index (χ3v) is 2.76. The van der Waals surface area contributed by atoms with E-state index in [1.54, 1.807) is 0 Å². The van der Waals surface area contributed by atoms with E-state index in [9.17, 15) is 4.79 Å². The number of hydrogen-bond donors (Lipinski definition) is 2. The van der Waals surface area contributed by atoms with Gasteiger partial charge in [-0.25, -0.2) is 0 Å². The second kappa shape index (κ2) is 8.51. The Bertz CT molecular complexity index is 440. The number of anilines is 1. The van der Waals surface area contributed by atoms with Crippen LogP contribution in [0.3, 0.4) is 0 Å². The lowest BCUT2D eigenvalue weighted by atomic mass is 10.2. The molecule has 1 aromatic rings. The highest BCUT2D eigenvalue weighted by Crippen LogP contribution is 2.08. The molecule has 1 amide bonds. The van der Waals surface area contributed by atoms with Crippen molar-refractivity contribution in [1.29, 1.82) is 0 Å². The summed E-state index contributed by atoms with van der Waals surface area (Å²) in [7, 11) is 0. The van der Waals surface area contributed by atoms with Crippen LogP contribution in [0.1, 0.15) is 19.4 Å². The van der Waals surface area contributed by atoms with Crippen LogP contribution in [-0.2, 0) is 9.53 Å². The van der Waals surface area contributed by atoms with Gasteiger partial charge in [-0.15, -0.1) is 0 Å². The van der Waals surface area contributed by atoms with E-state index in [2.05, 4.69) is 17.2 Å². The van der Waals surface area contributed by atoms with Crippen LogP contribution in [0.4, 0.5) is 5.69 Å². The minimum Gasteiger partial charge on any atom is -0.376 e. The van der Waals surface area contributed by atoms with E-state index in [4.69, 9.17) is 4.74 Å². The van der Waals surface area contributed by atoms with Crippen LogP contribution in [0.5, 0.6) is 0 Å². The van der Waals surface area contributed by atoms with Gasteiger partial charge in [-0.1, -0.05) is 29.8 Å². The van der Waals surface area contributed by atoms with Crippen molar-refractivity contribution in [2.45, 2.75) is 26.8 Å². The molecule has 0 heterocycles. The Hall–Kier alpha value is -1.65. The fourth-order valence-corrected chi connectivity index (χ4v) is 1.57. The number of nitrogens with one attached hydrogen (secondary N) is 2. The third kappa shape index (κ3) is 6.50. The maximum absolute atomic E-state index is 11.9. The van der Waals surface area contributed by atoms with E-state index in [1.807, 2.05) is 45.0 Å². The lowest BCUT2D eigenvalue weighted by molar-refractivity contribution is -0.117. The summed E-state index contributed by atoms with van der Waals surface area (Å²) in [5, 5.41) is 5.99. The number of amides is 1. The van der Waals surface area contributed by atoms with Gasteiger partial charge in [0.2, 0.25) is 5.91 Å². The van der Waals surface area contributed by atoms with E-state index >= 15 is 0 Å². The van der Waals surface area contributed by atoms with Gasteiger partial charge in [-0.05, 0) is 32.9 Å². The average molecular weight is 276 g/mol. The fraction of sp³-hybridized carbons (Fsp3) is 0.438. The molecule has 0 aliphatic rings. The summed E-state index contributed by atoms with van der Waals surface area (Å²) in [4.78, 5) is 11.9. The SMILES string of the molecule is C=C(C)COCCNC(C)C(=O)Nc1ccc(C)cc1. The van der Waals surface area contributed by atoms with Crippen LogP contribution in [-0.4, -0.2) is 31.7 Å². The van der Waals surface area contributed by atoms with E-state index in [-0.39, 0.29) is 11.9 Å². The first-order valence-electron chi connectivity index (χ1n) is 6.82. The van der Waals surface area contributed by atoms with Crippen molar-refractivity contribution < 1.29 is 9.53 Å². The molecule has 0 saturated carbocycles. The fourth-order valence-electron chi connectivity index (χ4n) is 1.57. The second-order valence-corrected chi connectivity index (χ2v) is 5.04. The number of benzene rings is 1. The Balaban J connectivity index is 2.25. The van der Waals surface area contributed by atoms with Crippen molar-refractivity contribution in [3.8, 4) is 0 Å². The van der Waals surface area contributed by atoms with Gasteiger partial charge in [-0.2, -0.15) is 0 Å². The molecule has 110 valence electrons. The summed E-state index contributed by atoms with van der Waals surface area (Å²) in [5.41, 5.74) is 2.98. The lowest BCUT2D eigenvalue weighted by Gasteiger charge is -2.14. The van der Waals surface area contributed by atoms with Crippen LogP contribution < -0.4 is 10.6 Å². The standard InChI is InChI=1S/C16H24N2O2/c1-12(2)11-20-10-9-17-14(4)16(19)18-15-7-5-13(3)6-8-15/h5-8,14,17H,1,9-11H2,2-4H3,(H,18,19). The largest absolute Gasteiger partial charge is 0.376 e. The van der Waals surface area contributed by atoms with Crippen LogP contribution in [0, 0.1) is 6.92 Å². The predicted octanol–water partition coefficient (Wildman–Crippen LogP) is 2.50. The smallest absolute Gasteiger partial charge is 0.241 e. The highest BCUT2D eigenvalue weighted by Gasteiger charge is 2.11. The van der Waals surface area contributed by atoms with Gasteiger partial charge in [0.05, 0.1) is 19.3 Å². The Kier molecular flexibility index (Phi) is 6.98. The number of carbonyl (C=O) groups excluding carboxylic acids is 1. The maximum Gasteiger partial charge on any atom is 0.241 e. The normalized spacial score (nSPS) is 11.9. The molecule has 0 bridgehead atoms. The zero-order chi connectivity index (χ0) is 15.0. The topological polar surface area (TPSA) is 50.4 Å². The van der Waals surface area contributed by atoms with Gasteiger partial charge in [0.1, 0.15) is 0 Å². The summed E-state index contributed by atoms with van der Waals surface area (Å²) in [6.45, 7) is 11.3. The summed E-state index contributed by atoms with van der Waals surface area (Å²) >= 11 is 0. The van der Waals surface area contributed by atoms with Gasteiger partial charge in [0.15, 0.2) is 0 Å². The minimum absolute atomic E-state index is 0.0474. The van der Waals surface area contributed by atoms with Crippen molar-refractivity contribution in [1.82, 2.24) is 5.32 Å². The summed E-state index contributed by atoms with van der Waals surface area (Å²) in [6.07, 6.45) is 0. The number of ether oxygens (including phenoxy) is 1. The van der Waals surface area contributed by atoms with Crippen molar-refractivity contribution in [3.05, 3.63) is 42.0 Å². The molecule has 1 atom stereocenters. The Morgan fingerprint density at radius 2 is 2.00 bits per heavy atom. The average Bonchev–Trinajstić information content (AvgIpc) is 2.40. The van der Waals surface area contributed by atoms with E-state index < -0.39 is 0 Å². The van der Waals surface area contributed by atoms with Crippen LogP contribution in [0.15, 0.2) is 36.4 Å². The monoisotopic (exact) mass is 276 g/mol. The molecule has 0 aliphatic heterocycles. The summed E-state index contributed by atoms with van der Waals surface area (Å²) in [5.74, 6) is -0.0474. The molecule has 20 heavy (non-hydrogen) atoms. The minimum atomic E-state index is -0.260. The van der Waals surface area contributed by atoms with Gasteiger partial charge in [0, 0.05) is 12.2 Å². The highest BCUT2D eigenvalue weighted by molar-refractivity contribution is 5.94. The molecule has 0 fully saturated rings. The zero-order valence-corrected chi connectivity index (χ0v) is 12.5. The molecule has 4 nitrogen and oxygen atoms in total. The lowest BCUT2D eigenvalue weighted by Crippen LogP contribution is -2.39. The first-order valence-corrected chi connectivity index (χ1v) is 6.82.